The maximum atomic E-state index is 12.2. The van der Waals surface area contributed by atoms with E-state index in [1.807, 2.05) is 19.1 Å². The van der Waals surface area contributed by atoms with Crippen LogP contribution in [0.25, 0.3) is 16.2 Å². The first-order valence-corrected chi connectivity index (χ1v) is 8.08. The van der Waals surface area contributed by atoms with Gasteiger partial charge >= 0.3 is 0 Å². The van der Waals surface area contributed by atoms with Gasteiger partial charge in [0.1, 0.15) is 16.3 Å². The number of imidazole rings is 1. The minimum Gasteiger partial charge on any atom is -0.344 e. The van der Waals surface area contributed by atoms with Crippen molar-refractivity contribution in [2.45, 2.75) is 6.92 Å². The van der Waals surface area contributed by atoms with Crippen LogP contribution in [0.5, 0.6) is 0 Å². The summed E-state index contributed by atoms with van der Waals surface area (Å²) >= 11 is 7.19. The molecule has 0 aliphatic rings. The van der Waals surface area contributed by atoms with Crippen LogP contribution in [0.3, 0.4) is 0 Å². The van der Waals surface area contributed by atoms with Crippen LogP contribution >= 0.6 is 22.9 Å². The molecule has 118 valence electrons. The second-order valence-electron chi connectivity index (χ2n) is 5.30. The molecule has 0 atom stereocenters. The van der Waals surface area contributed by atoms with E-state index in [9.17, 15) is 9.59 Å². The van der Waals surface area contributed by atoms with E-state index < -0.39 is 0 Å². The lowest BCUT2D eigenvalue weighted by Gasteiger charge is -2.08. The van der Waals surface area contributed by atoms with Crippen LogP contribution < -0.4 is 0 Å². The molecule has 0 saturated carbocycles. The van der Waals surface area contributed by atoms with E-state index >= 15 is 0 Å². The summed E-state index contributed by atoms with van der Waals surface area (Å²) in [6, 6.07) is 7.16. The first-order chi connectivity index (χ1) is 10.9. The molecule has 1 aromatic carbocycles. The summed E-state index contributed by atoms with van der Waals surface area (Å²) in [6.45, 7) is 1.82. The van der Waals surface area contributed by atoms with Crippen molar-refractivity contribution < 1.29 is 9.59 Å². The number of halogens is 1. The van der Waals surface area contributed by atoms with Gasteiger partial charge in [-0.25, -0.2) is 4.98 Å². The summed E-state index contributed by atoms with van der Waals surface area (Å²) in [7, 11) is 3.40. The first kappa shape index (κ1) is 15.7. The van der Waals surface area contributed by atoms with Crippen molar-refractivity contribution in [3.8, 4) is 11.3 Å². The monoisotopic (exact) mass is 347 g/mol. The average molecular weight is 348 g/mol. The third kappa shape index (κ3) is 2.54. The number of aromatic nitrogens is 2. The fourth-order valence-corrected chi connectivity index (χ4v) is 3.68. The number of aryl methyl sites for hydroxylation is 1. The molecule has 23 heavy (non-hydrogen) atoms. The highest BCUT2D eigenvalue weighted by atomic mass is 35.5. The fraction of sp³-hybridized carbons (Fsp3) is 0.188. The molecule has 0 N–H and O–H groups in total. The number of rotatable bonds is 3. The van der Waals surface area contributed by atoms with E-state index in [2.05, 4.69) is 4.98 Å². The van der Waals surface area contributed by atoms with E-state index in [4.69, 9.17) is 11.6 Å². The zero-order valence-corrected chi connectivity index (χ0v) is 14.4. The molecule has 5 nitrogen and oxygen atoms in total. The lowest BCUT2D eigenvalue weighted by molar-refractivity contribution is 0.0831. The molecule has 3 aromatic rings. The van der Waals surface area contributed by atoms with Crippen molar-refractivity contribution in [1.29, 1.82) is 0 Å². The third-order valence-electron chi connectivity index (χ3n) is 3.57. The van der Waals surface area contributed by atoms with Gasteiger partial charge in [0.25, 0.3) is 5.91 Å². The molecule has 2 aromatic heterocycles. The molecule has 0 radical (unpaired) electrons. The van der Waals surface area contributed by atoms with Crippen molar-refractivity contribution in [3.05, 3.63) is 45.6 Å². The van der Waals surface area contributed by atoms with Gasteiger partial charge < -0.3 is 4.90 Å². The molecule has 0 saturated heterocycles. The molecule has 0 spiro atoms. The smallest absolute Gasteiger partial charge is 0.265 e. The molecule has 0 bridgehead atoms. The summed E-state index contributed by atoms with van der Waals surface area (Å²) in [6.07, 6.45) is 0.771. The highest BCUT2D eigenvalue weighted by molar-refractivity contribution is 7.19. The number of hydrogen-bond donors (Lipinski definition) is 0. The summed E-state index contributed by atoms with van der Waals surface area (Å²) in [4.78, 5) is 31.1. The topological polar surface area (TPSA) is 54.7 Å². The normalized spacial score (nSPS) is 11.0. The highest BCUT2D eigenvalue weighted by Crippen LogP contribution is 2.31. The van der Waals surface area contributed by atoms with Gasteiger partial charge in [-0.15, -0.1) is 0 Å². The molecule has 1 amide bonds. The Balaban J connectivity index is 2.22. The van der Waals surface area contributed by atoms with Gasteiger partial charge in [-0.05, 0) is 19.1 Å². The van der Waals surface area contributed by atoms with Gasteiger partial charge in [0, 0.05) is 30.4 Å². The molecule has 0 fully saturated rings. The van der Waals surface area contributed by atoms with Gasteiger partial charge in [0.2, 0.25) is 0 Å². The number of fused-ring (bicyclic) bond motifs is 1. The van der Waals surface area contributed by atoms with Crippen molar-refractivity contribution in [2.24, 2.45) is 0 Å². The third-order valence-corrected chi connectivity index (χ3v) is 4.95. The molecular formula is C16H14ClN3O2S. The summed E-state index contributed by atoms with van der Waals surface area (Å²) in [5.41, 5.74) is 2.56. The van der Waals surface area contributed by atoms with Gasteiger partial charge in [-0.2, -0.15) is 0 Å². The molecule has 2 heterocycles. The van der Waals surface area contributed by atoms with Gasteiger partial charge in [-0.3, -0.25) is 14.0 Å². The van der Waals surface area contributed by atoms with Crippen molar-refractivity contribution in [3.63, 3.8) is 0 Å². The molecule has 0 aliphatic heterocycles. The Hall–Kier alpha value is -2.18. The van der Waals surface area contributed by atoms with Gasteiger partial charge in [-0.1, -0.05) is 35.1 Å². The fourth-order valence-electron chi connectivity index (χ4n) is 2.40. The Morgan fingerprint density at radius 3 is 2.52 bits per heavy atom. The van der Waals surface area contributed by atoms with Crippen LogP contribution in [0.4, 0.5) is 0 Å². The lowest BCUT2D eigenvalue weighted by atomic mass is 10.1. The molecule has 0 unspecified atom stereocenters. The zero-order chi connectivity index (χ0) is 16.7. The number of aldehydes is 1. The minimum absolute atomic E-state index is 0.0945. The number of nitrogens with zero attached hydrogens (tertiary/aromatic N) is 3. The second-order valence-corrected chi connectivity index (χ2v) is 6.72. The summed E-state index contributed by atoms with van der Waals surface area (Å²) < 4.78 is 1.73. The average Bonchev–Trinajstić information content (AvgIpc) is 3.04. The molecule has 0 aliphatic carbocycles. The molecule has 3 rings (SSSR count). The van der Waals surface area contributed by atoms with Crippen molar-refractivity contribution >= 4 is 40.1 Å². The zero-order valence-electron chi connectivity index (χ0n) is 12.8. The summed E-state index contributed by atoms with van der Waals surface area (Å²) in [5, 5.41) is 0.623. The van der Waals surface area contributed by atoms with Crippen LogP contribution in [0.15, 0.2) is 24.3 Å². The Morgan fingerprint density at radius 1 is 1.30 bits per heavy atom. The second kappa shape index (κ2) is 5.79. The predicted molar refractivity (Wildman–Crippen MR) is 91.7 cm³/mol. The van der Waals surface area contributed by atoms with Crippen molar-refractivity contribution in [1.82, 2.24) is 14.3 Å². The largest absolute Gasteiger partial charge is 0.344 e. The van der Waals surface area contributed by atoms with E-state index in [1.54, 1.807) is 30.6 Å². The predicted octanol–water partition coefficient (Wildman–Crippen LogP) is 3.54. The van der Waals surface area contributed by atoms with E-state index in [0.29, 0.717) is 26.2 Å². The minimum atomic E-state index is -0.0945. The number of thiazole rings is 1. The standard InChI is InChI=1S/C16H14ClN3O2S/c1-9-14(15(22)19(2)3)23-16-18-13(12(8-21)20(9)16)10-4-6-11(17)7-5-10/h4-8H,1-3H3. The van der Waals surface area contributed by atoms with Crippen LogP contribution in [0.2, 0.25) is 5.02 Å². The van der Waals surface area contributed by atoms with E-state index in [1.165, 1.54) is 16.2 Å². The molecular weight excluding hydrogens is 334 g/mol. The number of amides is 1. The SMILES string of the molecule is Cc1c(C(=O)N(C)C)sc2nc(-c3ccc(Cl)cc3)c(C=O)n12. The highest BCUT2D eigenvalue weighted by Gasteiger charge is 2.23. The lowest BCUT2D eigenvalue weighted by Crippen LogP contribution is -2.21. The molecule has 7 heteroatoms. The van der Waals surface area contributed by atoms with Crippen LogP contribution in [0, 0.1) is 6.92 Å². The van der Waals surface area contributed by atoms with Crippen molar-refractivity contribution in [2.75, 3.05) is 14.1 Å². The number of benzene rings is 1. The quantitative estimate of drug-likeness (QED) is 0.681. The first-order valence-electron chi connectivity index (χ1n) is 6.88. The van der Waals surface area contributed by atoms with E-state index in [0.717, 1.165) is 17.5 Å². The maximum absolute atomic E-state index is 12.2. The number of hydrogen-bond acceptors (Lipinski definition) is 4. The Bertz CT molecular complexity index is 910. The number of carbonyl (C=O) groups excluding carboxylic acids is 2. The number of carbonyl (C=O) groups is 2. The van der Waals surface area contributed by atoms with Gasteiger partial charge in [0.05, 0.1) is 0 Å². The van der Waals surface area contributed by atoms with Crippen LogP contribution in [0.1, 0.15) is 25.9 Å². The Morgan fingerprint density at radius 2 is 1.96 bits per heavy atom. The van der Waals surface area contributed by atoms with Crippen LogP contribution in [-0.2, 0) is 0 Å². The Labute approximate surface area is 142 Å². The maximum Gasteiger partial charge on any atom is 0.265 e. The summed E-state index contributed by atoms with van der Waals surface area (Å²) in [5.74, 6) is -0.0945. The van der Waals surface area contributed by atoms with E-state index in [-0.39, 0.29) is 5.91 Å². The Kier molecular flexibility index (Phi) is 3.95. The van der Waals surface area contributed by atoms with Crippen LogP contribution in [-0.4, -0.2) is 40.6 Å². The van der Waals surface area contributed by atoms with Gasteiger partial charge in [0.15, 0.2) is 11.2 Å².